The van der Waals surface area contributed by atoms with E-state index in [1.165, 1.54) is 43.5 Å². The number of nitro benzene ring substituents is 1. The lowest BCUT2D eigenvalue weighted by Crippen LogP contribution is -2.06. The molecule has 0 aliphatic carbocycles. The van der Waals surface area contributed by atoms with Crippen LogP contribution in [0.3, 0.4) is 0 Å². The number of cyclic esters (lactones) is 1. The van der Waals surface area contributed by atoms with Crippen LogP contribution in [0.15, 0.2) is 71.4 Å². The van der Waals surface area contributed by atoms with Crippen LogP contribution in [0.2, 0.25) is 5.02 Å². The molecule has 0 N–H and O–H groups in total. The van der Waals surface area contributed by atoms with E-state index in [9.17, 15) is 19.3 Å². The van der Waals surface area contributed by atoms with Gasteiger partial charge in [0.1, 0.15) is 17.4 Å². The first-order valence-corrected chi connectivity index (χ1v) is 10.2. The normalized spacial score (nSPS) is 14.0. The summed E-state index contributed by atoms with van der Waals surface area (Å²) in [6, 6.07) is 15.0. The molecule has 4 rings (SSSR count). The Morgan fingerprint density at radius 3 is 2.59 bits per heavy atom. The molecule has 0 unspecified atom stereocenters. The van der Waals surface area contributed by atoms with Gasteiger partial charge in [0.25, 0.3) is 5.69 Å². The summed E-state index contributed by atoms with van der Waals surface area (Å²) in [7, 11) is 1.48. The van der Waals surface area contributed by atoms with Crippen molar-refractivity contribution in [3.63, 3.8) is 0 Å². The Morgan fingerprint density at radius 2 is 1.88 bits per heavy atom. The highest BCUT2D eigenvalue weighted by molar-refractivity contribution is 6.32. The third kappa shape index (κ3) is 5.05. The van der Waals surface area contributed by atoms with Gasteiger partial charge in [-0.3, -0.25) is 10.1 Å². The fourth-order valence-corrected chi connectivity index (χ4v) is 3.30. The van der Waals surface area contributed by atoms with Crippen LogP contribution in [0.5, 0.6) is 11.5 Å². The highest BCUT2D eigenvalue weighted by atomic mass is 35.5. The molecule has 10 heteroatoms. The van der Waals surface area contributed by atoms with Crippen molar-refractivity contribution >= 4 is 35.2 Å². The van der Waals surface area contributed by atoms with Crippen molar-refractivity contribution in [2.75, 3.05) is 7.11 Å². The summed E-state index contributed by atoms with van der Waals surface area (Å²) >= 11 is 5.83. The molecule has 0 amide bonds. The van der Waals surface area contributed by atoms with Gasteiger partial charge in [0.15, 0.2) is 17.2 Å². The van der Waals surface area contributed by atoms with E-state index < -0.39 is 10.9 Å². The lowest BCUT2D eigenvalue weighted by atomic mass is 10.1. The fourth-order valence-electron chi connectivity index (χ4n) is 3.11. The molecule has 3 aromatic rings. The molecule has 0 saturated heterocycles. The first-order valence-electron chi connectivity index (χ1n) is 9.86. The molecule has 8 nitrogen and oxygen atoms in total. The van der Waals surface area contributed by atoms with Gasteiger partial charge in [-0.2, -0.15) is 0 Å². The highest BCUT2D eigenvalue weighted by Crippen LogP contribution is 2.31. The molecule has 3 aromatic carbocycles. The SMILES string of the molecule is COc1cc(C=C2N=C(c3ccc(Cl)c([N+](=O)[O-])c3)OC2=O)ccc1OCc1ccc(F)cc1. The van der Waals surface area contributed by atoms with Crippen LogP contribution in [0, 0.1) is 15.9 Å². The van der Waals surface area contributed by atoms with Gasteiger partial charge >= 0.3 is 5.97 Å². The molecular formula is C24H16ClFN2O6. The molecule has 0 fully saturated rings. The average Bonchev–Trinajstić information content (AvgIpc) is 3.19. The lowest BCUT2D eigenvalue weighted by molar-refractivity contribution is -0.384. The summed E-state index contributed by atoms with van der Waals surface area (Å²) in [5.41, 5.74) is 1.30. The molecular weight excluding hydrogens is 467 g/mol. The summed E-state index contributed by atoms with van der Waals surface area (Å²) in [6.45, 7) is 0.213. The Bertz CT molecular complexity index is 1340. The molecule has 1 aliphatic heterocycles. The van der Waals surface area contributed by atoms with Crippen molar-refractivity contribution in [2.45, 2.75) is 6.61 Å². The van der Waals surface area contributed by atoms with Gasteiger partial charge in [-0.15, -0.1) is 0 Å². The highest BCUT2D eigenvalue weighted by Gasteiger charge is 2.26. The minimum absolute atomic E-state index is 0.00892. The van der Waals surface area contributed by atoms with Gasteiger partial charge in [-0.25, -0.2) is 14.2 Å². The Kier molecular flexibility index (Phi) is 6.55. The number of halogens is 2. The molecule has 34 heavy (non-hydrogen) atoms. The first-order chi connectivity index (χ1) is 16.3. The largest absolute Gasteiger partial charge is 0.493 e. The summed E-state index contributed by atoms with van der Waals surface area (Å²) in [6.07, 6.45) is 1.49. The van der Waals surface area contributed by atoms with Gasteiger partial charge in [0.05, 0.1) is 12.0 Å². The third-order valence-corrected chi connectivity index (χ3v) is 5.13. The number of nitro groups is 1. The number of benzene rings is 3. The predicted octanol–water partition coefficient (Wildman–Crippen LogP) is 5.32. The van der Waals surface area contributed by atoms with Crippen molar-refractivity contribution in [3.05, 3.63) is 104 Å². The first kappa shape index (κ1) is 22.9. The predicted molar refractivity (Wildman–Crippen MR) is 122 cm³/mol. The van der Waals surface area contributed by atoms with Gasteiger partial charge < -0.3 is 14.2 Å². The monoisotopic (exact) mass is 482 g/mol. The number of ether oxygens (including phenoxy) is 3. The van der Waals surface area contributed by atoms with E-state index >= 15 is 0 Å². The van der Waals surface area contributed by atoms with Crippen LogP contribution < -0.4 is 9.47 Å². The van der Waals surface area contributed by atoms with Crippen LogP contribution in [-0.4, -0.2) is 23.9 Å². The summed E-state index contributed by atoms with van der Waals surface area (Å²) in [5.74, 6) is -0.226. The standard InChI is InChI=1S/C24H16ClFN2O6/c1-32-22-11-15(4-9-21(22)33-13-14-2-6-17(26)7-3-14)10-19-24(29)34-23(27-19)16-5-8-18(25)20(12-16)28(30)31/h2-12H,13H2,1H3. The molecule has 0 radical (unpaired) electrons. The van der Waals surface area contributed by atoms with Crippen molar-refractivity contribution in [3.8, 4) is 11.5 Å². The summed E-state index contributed by atoms with van der Waals surface area (Å²) in [5, 5.41) is 11.1. The molecule has 0 bridgehead atoms. The molecule has 1 heterocycles. The quantitative estimate of drug-likeness (QED) is 0.195. The number of carbonyl (C=O) groups is 1. The number of hydrogen-bond donors (Lipinski definition) is 0. The zero-order valence-electron chi connectivity index (χ0n) is 17.7. The molecule has 0 spiro atoms. The Balaban J connectivity index is 1.55. The van der Waals surface area contributed by atoms with E-state index in [0.29, 0.717) is 17.1 Å². The Morgan fingerprint density at radius 1 is 1.12 bits per heavy atom. The van der Waals surface area contributed by atoms with E-state index in [2.05, 4.69) is 4.99 Å². The molecule has 0 saturated carbocycles. The number of nitrogens with zero attached hydrogens (tertiary/aromatic N) is 2. The van der Waals surface area contributed by atoms with E-state index in [-0.39, 0.29) is 40.3 Å². The van der Waals surface area contributed by atoms with Crippen molar-refractivity contribution in [1.29, 1.82) is 0 Å². The van der Waals surface area contributed by atoms with Crippen LogP contribution in [0.25, 0.3) is 6.08 Å². The second kappa shape index (κ2) is 9.72. The molecule has 1 aliphatic rings. The third-order valence-electron chi connectivity index (χ3n) is 4.81. The van der Waals surface area contributed by atoms with E-state index in [1.807, 2.05) is 0 Å². The number of carbonyl (C=O) groups excluding carboxylic acids is 1. The zero-order valence-corrected chi connectivity index (χ0v) is 18.4. The maximum absolute atomic E-state index is 13.1. The fraction of sp³-hybridized carbons (Fsp3) is 0.0833. The van der Waals surface area contributed by atoms with E-state index in [0.717, 1.165) is 5.56 Å². The van der Waals surface area contributed by atoms with Gasteiger partial charge in [0.2, 0.25) is 5.90 Å². The topological polar surface area (TPSA) is 100 Å². The van der Waals surface area contributed by atoms with Crippen LogP contribution in [0.1, 0.15) is 16.7 Å². The second-order valence-electron chi connectivity index (χ2n) is 7.08. The number of hydrogen-bond acceptors (Lipinski definition) is 7. The zero-order chi connectivity index (χ0) is 24.2. The van der Waals surface area contributed by atoms with Crippen LogP contribution in [0.4, 0.5) is 10.1 Å². The van der Waals surface area contributed by atoms with E-state index in [1.54, 1.807) is 30.3 Å². The lowest BCUT2D eigenvalue weighted by Gasteiger charge is -2.11. The average molecular weight is 483 g/mol. The molecule has 172 valence electrons. The van der Waals surface area contributed by atoms with Crippen LogP contribution in [-0.2, 0) is 16.1 Å². The van der Waals surface area contributed by atoms with Gasteiger partial charge in [0, 0.05) is 11.6 Å². The molecule has 0 aromatic heterocycles. The van der Waals surface area contributed by atoms with Crippen LogP contribution >= 0.6 is 11.6 Å². The minimum atomic E-state index is -0.705. The van der Waals surface area contributed by atoms with E-state index in [4.69, 9.17) is 25.8 Å². The van der Waals surface area contributed by atoms with Crippen molar-refractivity contribution < 1.29 is 28.3 Å². The van der Waals surface area contributed by atoms with Crippen molar-refractivity contribution in [1.82, 2.24) is 0 Å². The van der Waals surface area contributed by atoms with Crippen molar-refractivity contribution in [2.24, 2.45) is 4.99 Å². The van der Waals surface area contributed by atoms with Gasteiger partial charge in [-0.05, 0) is 53.6 Å². The number of rotatable bonds is 7. The number of methoxy groups -OCH3 is 1. The minimum Gasteiger partial charge on any atom is -0.493 e. The summed E-state index contributed by atoms with van der Waals surface area (Å²) in [4.78, 5) is 26.9. The maximum Gasteiger partial charge on any atom is 0.363 e. The summed E-state index contributed by atoms with van der Waals surface area (Å²) < 4.78 is 29.4. The van der Waals surface area contributed by atoms with Gasteiger partial charge in [-0.1, -0.05) is 29.8 Å². The number of esters is 1. The Labute approximate surface area is 198 Å². The number of aliphatic imine (C=N–C) groups is 1. The smallest absolute Gasteiger partial charge is 0.363 e. The molecule has 0 atom stereocenters. The Hall–Kier alpha value is -4.24. The second-order valence-corrected chi connectivity index (χ2v) is 7.49. The maximum atomic E-state index is 13.1.